The van der Waals surface area contributed by atoms with Gasteiger partial charge in [0.2, 0.25) is 0 Å². The highest BCUT2D eigenvalue weighted by Crippen LogP contribution is 2.31. The first-order valence-corrected chi connectivity index (χ1v) is 5.06. The van der Waals surface area contributed by atoms with E-state index in [1.165, 1.54) is 7.11 Å². The maximum Gasteiger partial charge on any atom is 0.389 e. The Hall–Kier alpha value is -1.59. The molecule has 0 aliphatic carbocycles. The van der Waals surface area contributed by atoms with Gasteiger partial charge in [-0.25, -0.2) is 0 Å². The molecule has 0 amide bonds. The van der Waals surface area contributed by atoms with Gasteiger partial charge in [-0.1, -0.05) is 6.07 Å². The van der Waals surface area contributed by atoms with Crippen LogP contribution in [0.3, 0.4) is 0 Å². The average molecular weight is 249 g/mol. The van der Waals surface area contributed by atoms with Crippen LogP contribution in [0.15, 0.2) is 18.2 Å². The zero-order valence-electron chi connectivity index (χ0n) is 9.38. The van der Waals surface area contributed by atoms with Gasteiger partial charge in [-0.05, 0) is 18.6 Å². The van der Waals surface area contributed by atoms with Crippen LogP contribution in [0.4, 0.5) is 18.9 Å². The molecule has 0 aromatic heterocycles. The van der Waals surface area contributed by atoms with Crippen molar-refractivity contribution in [1.82, 2.24) is 0 Å². The lowest BCUT2D eigenvalue weighted by molar-refractivity contribution is -0.136. The Kier molecular flexibility index (Phi) is 4.48. The minimum absolute atomic E-state index is 0.0309. The monoisotopic (exact) mass is 249 g/mol. The third-order valence-electron chi connectivity index (χ3n) is 2.11. The molecule has 3 nitrogen and oxygen atoms in total. The number of nitrogens with two attached hydrogens (primary N) is 1. The summed E-state index contributed by atoms with van der Waals surface area (Å²) < 4.78 is 45.8. The maximum absolute atomic E-state index is 11.9. The summed E-state index contributed by atoms with van der Waals surface area (Å²) in [5, 5.41) is 0. The lowest BCUT2D eigenvalue weighted by atomic mass is 10.2. The smallest absolute Gasteiger partial charge is 0.389 e. The number of hydrogen-bond acceptors (Lipinski definition) is 3. The van der Waals surface area contributed by atoms with E-state index in [-0.39, 0.29) is 13.0 Å². The minimum Gasteiger partial charge on any atom is -0.494 e. The molecule has 0 saturated heterocycles. The van der Waals surface area contributed by atoms with Crippen LogP contribution in [-0.2, 0) is 0 Å². The van der Waals surface area contributed by atoms with Crippen LogP contribution in [0.2, 0.25) is 0 Å². The SMILES string of the molecule is COc1cccc(OCCCC(F)(F)F)c1N. The van der Waals surface area contributed by atoms with Crippen LogP contribution < -0.4 is 15.2 Å². The Labute approximate surface area is 97.3 Å². The van der Waals surface area contributed by atoms with Gasteiger partial charge in [0.25, 0.3) is 0 Å². The highest BCUT2D eigenvalue weighted by molar-refractivity contribution is 5.62. The molecule has 0 atom stereocenters. The molecule has 6 heteroatoms. The number of nitrogen functional groups attached to an aromatic ring is 1. The summed E-state index contributed by atoms with van der Waals surface area (Å²) in [5.41, 5.74) is 5.98. The van der Waals surface area contributed by atoms with E-state index in [1.807, 2.05) is 0 Å². The molecule has 0 aliphatic rings. The number of hydrogen-bond donors (Lipinski definition) is 1. The predicted octanol–water partition coefficient (Wildman–Crippen LogP) is 3.00. The standard InChI is InChI=1S/C11H14F3NO2/c1-16-8-4-2-5-9(10(8)15)17-7-3-6-11(12,13)14/h2,4-5H,3,6-7,15H2,1H3. The largest absolute Gasteiger partial charge is 0.494 e. The van der Waals surface area contributed by atoms with E-state index in [4.69, 9.17) is 15.2 Å². The first-order chi connectivity index (χ1) is 7.94. The van der Waals surface area contributed by atoms with Gasteiger partial charge in [0.1, 0.15) is 17.2 Å². The second-order valence-corrected chi connectivity index (χ2v) is 3.44. The molecule has 0 unspecified atom stereocenters. The minimum atomic E-state index is -4.15. The van der Waals surface area contributed by atoms with Crippen molar-refractivity contribution < 1.29 is 22.6 Å². The number of halogens is 3. The maximum atomic E-state index is 11.9. The second-order valence-electron chi connectivity index (χ2n) is 3.44. The lowest BCUT2D eigenvalue weighted by Crippen LogP contribution is -2.10. The number of para-hydroxylation sites is 1. The molecular formula is C11H14F3NO2. The second kappa shape index (κ2) is 5.65. The average Bonchev–Trinajstić information content (AvgIpc) is 2.25. The third kappa shape index (κ3) is 4.42. The van der Waals surface area contributed by atoms with E-state index >= 15 is 0 Å². The highest BCUT2D eigenvalue weighted by atomic mass is 19.4. The predicted molar refractivity (Wildman–Crippen MR) is 58.2 cm³/mol. The van der Waals surface area contributed by atoms with Crippen molar-refractivity contribution in [2.24, 2.45) is 0 Å². The van der Waals surface area contributed by atoms with Gasteiger partial charge in [0, 0.05) is 6.42 Å². The van der Waals surface area contributed by atoms with Crippen molar-refractivity contribution in [3.8, 4) is 11.5 Å². The molecule has 0 radical (unpaired) electrons. The van der Waals surface area contributed by atoms with Gasteiger partial charge in [-0.3, -0.25) is 0 Å². The molecule has 1 rings (SSSR count). The quantitative estimate of drug-likeness (QED) is 0.644. The van der Waals surface area contributed by atoms with Gasteiger partial charge in [-0.2, -0.15) is 13.2 Å². The van der Waals surface area contributed by atoms with Gasteiger partial charge in [-0.15, -0.1) is 0 Å². The molecule has 0 heterocycles. The third-order valence-corrected chi connectivity index (χ3v) is 2.11. The first-order valence-electron chi connectivity index (χ1n) is 5.06. The highest BCUT2D eigenvalue weighted by Gasteiger charge is 2.26. The summed E-state index contributed by atoms with van der Waals surface area (Å²) in [6.07, 6.45) is -5.11. The number of rotatable bonds is 5. The van der Waals surface area contributed by atoms with Gasteiger partial charge in [0.15, 0.2) is 0 Å². The Morgan fingerprint density at radius 3 is 2.47 bits per heavy atom. The van der Waals surface area contributed by atoms with Crippen molar-refractivity contribution in [3.63, 3.8) is 0 Å². The summed E-state index contributed by atoms with van der Waals surface area (Å²) in [6.45, 7) is -0.0309. The summed E-state index contributed by atoms with van der Waals surface area (Å²) in [6, 6.07) is 4.90. The van der Waals surface area contributed by atoms with E-state index < -0.39 is 12.6 Å². The van der Waals surface area contributed by atoms with Gasteiger partial charge >= 0.3 is 6.18 Å². The fourth-order valence-corrected chi connectivity index (χ4v) is 1.28. The summed E-state index contributed by atoms with van der Waals surface area (Å²) in [4.78, 5) is 0. The molecule has 0 aliphatic heterocycles. The number of alkyl halides is 3. The van der Waals surface area contributed by atoms with Gasteiger partial charge in [0.05, 0.1) is 13.7 Å². The van der Waals surface area contributed by atoms with E-state index in [2.05, 4.69) is 0 Å². The summed E-state index contributed by atoms with van der Waals surface area (Å²) in [5.74, 6) is 0.782. The number of methoxy groups -OCH3 is 1. The normalized spacial score (nSPS) is 11.3. The van der Waals surface area contributed by atoms with Crippen molar-refractivity contribution in [2.45, 2.75) is 19.0 Å². The molecule has 0 bridgehead atoms. The Bertz CT molecular complexity index is 366. The van der Waals surface area contributed by atoms with E-state index in [9.17, 15) is 13.2 Å². The zero-order valence-corrected chi connectivity index (χ0v) is 9.38. The molecule has 17 heavy (non-hydrogen) atoms. The molecule has 2 N–H and O–H groups in total. The van der Waals surface area contributed by atoms with Crippen LogP contribution >= 0.6 is 0 Å². The number of ether oxygens (including phenoxy) is 2. The molecule has 96 valence electrons. The van der Waals surface area contributed by atoms with Crippen LogP contribution in [-0.4, -0.2) is 19.9 Å². The van der Waals surface area contributed by atoms with E-state index in [0.29, 0.717) is 17.2 Å². The van der Waals surface area contributed by atoms with E-state index in [1.54, 1.807) is 18.2 Å². The molecule has 0 spiro atoms. The van der Waals surface area contributed by atoms with Crippen molar-refractivity contribution in [3.05, 3.63) is 18.2 Å². The van der Waals surface area contributed by atoms with Crippen LogP contribution in [0, 0.1) is 0 Å². The fraction of sp³-hybridized carbons (Fsp3) is 0.455. The lowest BCUT2D eigenvalue weighted by Gasteiger charge is -2.12. The van der Waals surface area contributed by atoms with Crippen LogP contribution in [0.25, 0.3) is 0 Å². The Balaban J connectivity index is 2.47. The molecule has 1 aromatic carbocycles. The summed E-state index contributed by atoms with van der Waals surface area (Å²) in [7, 11) is 1.46. The number of anilines is 1. The Morgan fingerprint density at radius 1 is 1.24 bits per heavy atom. The van der Waals surface area contributed by atoms with Gasteiger partial charge < -0.3 is 15.2 Å². The summed E-state index contributed by atoms with van der Waals surface area (Å²) >= 11 is 0. The van der Waals surface area contributed by atoms with Crippen molar-refractivity contribution in [1.29, 1.82) is 0 Å². The van der Waals surface area contributed by atoms with Crippen molar-refractivity contribution >= 4 is 5.69 Å². The number of benzene rings is 1. The topological polar surface area (TPSA) is 44.5 Å². The Morgan fingerprint density at radius 2 is 1.88 bits per heavy atom. The zero-order chi connectivity index (χ0) is 12.9. The molecule has 0 saturated carbocycles. The fourth-order valence-electron chi connectivity index (χ4n) is 1.28. The molecular weight excluding hydrogens is 235 g/mol. The van der Waals surface area contributed by atoms with Crippen molar-refractivity contribution in [2.75, 3.05) is 19.5 Å². The van der Waals surface area contributed by atoms with Crippen LogP contribution in [0.1, 0.15) is 12.8 Å². The van der Waals surface area contributed by atoms with Crippen LogP contribution in [0.5, 0.6) is 11.5 Å². The van der Waals surface area contributed by atoms with E-state index in [0.717, 1.165) is 0 Å². The molecule has 1 aromatic rings. The first kappa shape index (κ1) is 13.5. The molecule has 0 fully saturated rings.